The fraction of sp³-hybridized carbons (Fsp3) is 0.316. The molecule has 0 radical (unpaired) electrons. The van der Waals surface area contributed by atoms with E-state index in [9.17, 15) is 4.79 Å². The van der Waals surface area contributed by atoms with Crippen LogP contribution in [-0.4, -0.2) is 18.1 Å². The van der Waals surface area contributed by atoms with Crippen molar-refractivity contribution < 1.29 is 14.3 Å². The summed E-state index contributed by atoms with van der Waals surface area (Å²) in [6.45, 7) is 7.63. The van der Waals surface area contributed by atoms with Gasteiger partial charge in [0.15, 0.2) is 6.10 Å². The second kappa shape index (κ2) is 7.68. The Morgan fingerprint density at radius 1 is 0.957 bits per heavy atom. The minimum atomic E-state index is -0.581. The number of hydrogen-bond acceptors (Lipinski definition) is 3. The van der Waals surface area contributed by atoms with E-state index in [1.54, 1.807) is 6.92 Å². The molecule has 2 aromatic rings. The molecule has 23 heavy (non-hydrogen) atoms. The normalized spacial score (nSPS) is 11.9. The topological polar surface area (TPSA) is 47.6 Å². The van der Waals surface area contributed by atoms with Gasteiger partial charge in [0.05, 0.1) is 6.10 Å². The number of amides is 1. The minimum Gasteiger partial charge on any atom is -0.491 e. The first kappa shape index (κ1) is 16.9. The van der Waals surface area contributed by atoms with Crippen molar-refractivity contribution in [3.8, 4) is 11.5 Å². The third-order valence-electron chi connectivity index (χ3n) is 3.26. The largest absolute Gasteiger partial charge is 0.491 e. The van der Waals surface area contributed by atoms with E-state index in [2.05, 4.69) is 5.32 Å². The number of benzene rings is 2. The average Bonchev–Trinajstić information content (AvgIpc) is 2.51. The molecule has 122 valence electrons. The molecule has 1 unspecified atom stereocenters. The molecule has 0 heterocycles. The summed E-state index contributed by atoms with van der Waals surface area (Å²) in [7, 11) is 0. The van der Waals surface area contributed by atoms with Crippen molar-refractivity contribution in [1.29, 1.82) is 0 Å². The van der Waals surface area contributed by atoms with E-state index in [4.69, 9.17) is 9.47 Å². The first-order valence-corrected chi connectivity index (χ1v) is 7.75. The lowest BCUT2D eigenvalue weighted by Crippen LogP contribution is -2.30. The maximum absolute atomic E-state index is 12.2. The third kappa shape index (κ3) is 5.02. The summed E-state index contributed by atoms with van der Waals surface area (Å²) >= 11 is 0. The molecule has 1 atom stereocenters. The van der Waals surface area contributed by atoms with E-state index < -0.39 is 6.10 Å². The van der Waals surface area contributed by atoms with Crippen LogP contribution in [-0.2, 0) is 4.79 Å². The third-order valence-corrected chi connectivity index (χ3v) is 3.26. The maximum atomic E-state index is 12.2. The SMILES string of the molecule is Cc1ccccc1OC(C)C(=O)Nc1ccc(OC(C)C)cc1. The standard InChI is InChI=1S/C19H23NO3/c1-13(2)22-17-11-9-16(10-12-17)20-19(21)15(4)23-18-8-6-5-7-14(18)3/h5-13,15H,1-4H3,(H,20,21). The molecule has 0 saturated carbocycles. The van der Waals surface area contributed by atoms with E-state index in [0.29, 0.717) is 5.69 Å². The van der Waals surface area contributed by atoms with Crippen molar-refractivity contribution in [2.24, 2.45) is 0 Å². The van der Waals surface area contributed by atoms with Gasteiger partial charge in [0, 0.05) is 5.69 Å². The summed E-state index contributed by atoms with van der Waals surface area (Å²) in [6, 6.07) is 14.9. The lowest BCUT2D eigenvalue weighted by atomic mass is 10.2. The van der Waals surface area contributed by atoms with Gasteiger partial charge in [-0.15, -0.1) is 0 Å². The maximum Gasteiger partial charge on any atom is 0.265 e. The summed E-state index contributed by atoms with van der Waals surface area (Å²) < 4.78 is 11.3. The molecule has 0 spiro atoms. The fourth-order valence-electron chi connectivity index (χ4n) is 2.07. The van der Waals surface area contributed by atoms with Crippen LogP contribution < -0.4 is 14.8 Å². The van der Waals surface area contributed by atoms with Gasteiger partial charge >= 0.3 is 0 Å². The Morgan fingerprint density at radius 3 is 2.22 bits per heavy atom. The molecule has 4 heteroatoms. The summed E-state index contributed by atoms with van der Waals surface area (Å²) in [6.07, 6.45) is -0.458. The van der Waals surface area contributed by atoms with E-state index in [1.807, 2.05) is 69.3 Å². The molecule has 0 aliphatic carbocycles. The smallest absolute Gasteiger partial charge is 0.265 e. The van der Waals surface area contributed by atoms with Gasteiger partial charge < -0.3 is 14.8 Å². The van der Waals surface area contributed by atoms with Gasteiger partial charge in [0.2, 0.25) is 0 Å². The van der Waals surface area contributed by atoms with Crippen LogP contribution in [0.2, 0.25) is 0 Å². The monoisotopic (exact) mass is 313 g/mol. The Kier molecular flexibility index (Phi) is 5.63. The lowest BCUT2D eigenvalue weighted by Gasteiger charge is -2.16. The molecule has 4 nitrogen and oxygen atoms in total. The number of nitrogens with one attached hydrogen (secondary N) is 1. The van der Waals surface area contributed by atoms with Crippen molar-refractivity contribution in [3.05, 3.63) is 54.1 Å². The predicted molar refractivity (Wildman–Crippen MR) is 92.1 cm³/mol. The molecule has 2 rings (SSSR count). The zero-order valence-corrected chi connectivity index (χ0v) is 14.0. The van der Waals surface area contributed by atoms with Crippen molar-refractivity contribution in [3.63, 3.8) is 0 Å². The van der Waals surface area contributed by atoms with Crippen LogP contribution in [0.4, 0.5) is 5.69 Å². The number of anilines is 1. The Balaban J connectivity index is 1.94. The number of para-hydroxylation sites is 1. The van der Waals surface area contributed by atoms with Crippen LogP contribution in [0.3, 0.4) is 0 Å². The average molecular weight is 313 g/mol. The van der Waals surface area contributed by atoms with Gasteiger partial charge in [-0.1, -0.05) is 18.2 Å². The molecule has 0 aliphatic heterocycles. The number of rotatable bonds is 6. The van der Waals surface area contributed by atoms with Crippen LogP contribution in [0.1, 0.15) is 26.3 Å². The van der Waals surface area contributed by atoms with Crippen molar-refractivity contribution in [2.75, 3.05) is 5.32 Å². The second-order valence-corrected chi connectivity index (χ2v) is 5.71. The fourth-order valence-corrected chi connectivity index (χ4v) is 2.07. The van der Waals surface area contributed by atoms with Gasteiger partial charge in [0.25, 0.3) is 5.91 Å². The van der Waals surface area contributed by atoms with E-state index >= 15 is 0 Å². The first-order valence-electron chi connectivity index (χ1n) is 7.75. The summed E-state index contributed by atoms with van der Waals surface area (Å²) in [5, 5.41) is 2.84. The molecular weight excluding hydrogens is 290 g/mol. The molecule has 0 fully saturated rings. The number of carbonyl (C=O) groups excluding carboxylic acids is 1. The molecule has 2 aromatic carbocycles. The molecule has 1 N–H and O–H groups in total. The highest BCUT2D eigenvalue weighted by atomic mass is 16.5. The van der Waals surface area contributed by atoms with Gasteiger partial charge in [0.1, 0.15) is 11.5 Å². The van der Waals surface area contributed by atoms with Crippen LogP contribution in [0, 0.1) is 6.92 Å². The molecule has 0 bridgehead atoms. The van der Waals surface area contributed by atoms with Crippen LogP contribution >= 0.6 is 0 Å². The Bertz CT molecular complexity index is 650. The van der Waals surface area contributed by atoms with Gasteiger partial charge in [-0.25, -0.2) is 0 Å². The predicted octanol–water partition coefficient (Wildman–Crippen LogP) is 4.19. The summed E-state index contributed by atoms with van der Waals surface area (Å²) in [4.78, 5) is 12.2. The number of carbonyl (C=O) groups is 1. The highest BCUT2D eigenvalue weighted by Crippen LogP contribution is 2.20. The number of ether oxygens (including phenoxy) is 2. The van der Waals surface area contributed by atoms with Crippen molar-refractivity contribution >= 4 is 11.6 Å². The number of hydrogen-bond donors (Lipinski definition) is 1. The minimum absolute atomic E-state index is 0.123. The summed E-state index contributed by atoms with van der Waals surface area (Å²) in [5.41, 5.74) is 1.72. The van der Waals surface area contributed by atoms with Crippen LogP contribution in [0.25, 0.3) is 0 Å². The summed E-state index contributed by atoms with van der Waals surface area (Å²) in [5.74, 6) is 1.31. The second-order valence-electron chi connectivity index (χ2n) is 5.71. The highest BCUT2D eigenvalue weighted by Gasteiger charge is 2.15. The van der Waals surface area contributed by atoms with Gasteiger partial charge in [-0.05, 0) is 63.6 Å². The van der Waals surface area contributed by atoms with E-state index in [1.165, 1.54) is 0 Å². The Hall–Kier alpha value is -2.49. The zero-order chi connectivity index (χ0) is 16.8. The zero-order valence-electron chi connectivity index (χ0n) is 14.0. The highest BCUT2D eigenvalue weighted by molar-refractivity contribution is 5.94. The van der Waals surface area contributed by atoms with E-state index in [-0.39, 0.29) is 12.0 Å². The lowest BCUT2D eigenvalue weighted by molar-refractivity contribution is -0.122. The van der Waals surface area contributed by atoms with Gasteiger partial charge in [-0.3, -0.25) is 4.79 Å². The first-order chi connectivity index (χ1) is 11.0. The molecule has 0 saturated heterocycles. The van der Waals surface area contributed by atoms with Crippen LogP contribution in [0.5, 0.6) is 11.5 Å². The molecular formula is C19H23NO3. The van der Waals surface area contributed by atoms with E-state index in [0.717, 1.165) is 17.1 Å². The van der Waals surface area contributed by atoms with Crippen molar-refractivity contribution in [1.82, 2.24) is 0 Å². The Labute approximate surface area is 137 Å². The van der Waals surface area contributed by atoms with Crippen molar-refractivity contribution in [2.45, 2.75) is 39.9 Å². The molecule has 0 aliphatic rings. The molecule has 1 amide bonds. The quantitative estimate of drug-likeness (QED) is 0.870. The van der Waals surface area contributed by atoms with Gasteiger partial charge in [-0.2, -0.15) is 0 Å². The number of aryl methyl sites for hydroxylation is 1. The molecule has 0 aromatic heterocycles. The van der Waals surface area contributed by atoms with Crippen LogP contribution in [0.15, 0.2) is 48.5 Å². The Morgan fingerprint density at radius 2 is 1.61 bits per heavy atom.